The molecule has 0 bridgehead atoms. The van der Waals surface area contributed by atoms with Gasteiger partial charge in [-0.25, -0.2) is 0 Å². The van der Waals surface area contributed by atoms with Crippen molar-refractivity contribution >= 4 is 11.8 Å². The first kappa shape index (κ1) is 12.4. The number of benzene rings is 1. The lowest BCUT2D eigenvalue weighted by atomic mass is 9.95. The lowest BCUT2D eigenvalue weighted by Gasteiger charge is -2.33. The van der Waals surface area contributed by atoms with E-state index in [2.05, 4.69) is 0 Å². The summed E-state index contributed by atoms with van der Waals surface area (Å²) in [5.41, 5.74) is 1.59. The Hall–Kier alpha value is -1.64. The second-order valence-corrected chi connectivity index (χ2v) is 5.55. The average molecular weight is 257 g/mol. The fourth-order valence-electron chi connectivity index (χ4n) is 3.26. The Bertz CT molecular complexity index is 501. The molecule has 1 heterocycles. The van der Waals surface area contributed by atoms with Crippen molar-refractivity contribution in [2.75, 3.05) is 0 Å². The molecule has 3 nitrogen and oxygen atoms in total. The van der Waals surface area contributed by atoms with Crippen LogP contribution >= 0.6 is 0 Å². The van der Waals surface area contributed by atoms with E-state index in [0.29, 0.717) is 12.0 Å². The highest BCUT2D eigenvalue weighted by molar-refractivity contribution is 6.09. The molecule has 1 saturated carbocycles. The van der Waals surface area contributed by atoms with Gasteiger partial charge < -0.3 is 0 Å². The van der Waals surface area contributed by atoms with Crippen LogP contribution < -0.4 is 0 Å². The Morgan fingerprint density at radius 3 is 2.37 bits per heavy atom. The third-order valence-corrected chi connectivity index (χ3v) is 4.27. The monoisotopic (exact) mass is 257 g/mol. The first-order chi connectivity index (χ1) is 9.27. The van der Waals surface area contributed by atoms with Crippen LogP contribution in [0, 0.1) is 0 Å². The maximum Gasteiger partial charge on any atom is 0.261 e. The number of rotatable bonds is 1. The van der Waals surface area contributed by atoms with Crippen LogP contribution in [0.5, 0.6) is 0 Å². The maximum atomic E-state index is 12.5. The Kier molecular flexibility index (Phi) is 3.36. The van der Waals surface area contributed by atoms with Crippen LogP contribution in [0.15, 0.2) is 24.3 Å². The Balaban J connectivity index is 1.90. The first-order valence-corrected chi connectivity index (χ1v) is 7.21. The zero-order valence-corrected chi connectivity index (χ0v) is 11.1. The van der Waals surface area contributed by atoms with Gasteiger partial charge in [0.05, 0.1) is 6.42 Å². The summed E-state index contributed by atoms with van der Waals surface area (Å²) in [5, 5.41) is 0. The van der Waals surface area contributed by atoms with Crippen LogP contribution in [-0.2, 0) is 11.2 Å². The SMILES string of the molecule is O=C1Cc2ccccc2C(=O)N1C1CCCCCC1. The van der Waals surface area contributed by atoms with E-state index in [4.69, 9.17) is 0 Å². The van der Waals surface area contributed by atoms with Gasteiger partial charge >= 0.3 is 0 Å². The van der Waals surface area contributed by atoms with Crippen molar-refractivity contribution in [1.29, 1.82) is 0 Å². The number of amides is 2. The highest BCUT2D eigenvalue weighted by atomic mass is 16.2. The maximum absolute atomic E-state index is 12.5. The molecule has 1 aliphatic heterocycles. The van der Waals surface area contributed by atoms with Gasteiger partial charge in [-0.2, -0.15) is 0 Å². The summed E-state index contributed by atoms with van der Waals surface area (Å²) in [6.45, 7) is 0. The number of fused-ring (bicyclic) bond motifs is 1. The van der Waals surface area contributed by atoms with Crippen molar-refractivity contribution in [2.24, 2.45) is 0 Å². The van der Waals surface area contributed by atoms with Crippen LogP contribution in [-0.4, -0.2) is 22.8 Å². The molecule has 0 saturated heterocycles. The van der Waals surface area contributed by atoms with Crippen LogP contribution in [0.3, 0.4) is 0 Å². The molecule has 3 rings (SSSR count). The van der Waals surface area contributed by atoms with Crippen molar-refractivity contribution in [3.63, 3.8) is 0 Å². The summed E-state index contributed by atoms with van der Waals surface area (Å²) >= 11 is 0. The Morgan fingerprint density at radius 1 is 0.947 bits per heavy atom. The summed E-state index contributed by atoms with van der Waals surface area (Å²) < 4.78 is 0. The summed E-state index contributed by atoms with van der Waals surface area (Å²) in [7, 11) is 0. The highest BCUT2D eigenvalue weighted by Gasteiger charge is 2.35. The summed E-state index contributed by atoms with van der Waals surface area (Å²) in [4.78, 5) is 26.4. The minimum absolute atomic E-state index is 0.0180. The standard InChI is InChI=1S/C16H19NO2/c18-15-11-12-7-5-6-10-14(12)16(19)17(15)13-8-3-1-2-4-9-13/h5-7,10,13H,1-4,8-9,11H2. The number of carbonyl (C=O) groups excluding carboxylic acids is 2. The highest BCUT2D eigenvalue weighted by Crippen LogP contribution is 2.27. The molecule has 0 spiro atoms. The molecule has 1 aromatic rings. The molecule has 1 aliphatic carbocycles. The van der Waals surface area contributed by atoms with Gasteiger partial charge in [-0.1, -0.05) is 43.9 Å². The zero-order valence-electron chi connectivity index (χ0n) is 11.1. The quantitative estimate of drug-likeness (QED) is 0.573. The normalized spacial score (nSPS) is 21.2. The van der Waals surface area contributed by atoms with Crippen LogP contribution in [0.1, 0.15) is 54.4 Å². The van der Waals surface area contributed by atoms with E-state index in [9.17, 15) is 9.59 Å². The molecule has 2 aliphatic rings. The molecule has 19 heavy (non-hydrogen) atoms. The smallest absolute Gasteiger partial charge is 0.261 e. The van der Waals surface area contributed by atoms with Gasteiger partial charge in [-0.05, 0) is 24.5 Å². The molecular formula is C16H19NO2. The van der Waals surface area contributed by atoms with E-state index in [1.54, 1.807) is 4.90 Å². The van der Waals surface area contributed by atoms with E-state index in [1.165, 1.54) is 12.8 Å². The number of hydrogen-bond donors (Lipinski definition) is 0. The number of imide groups is 1. The lowest BCUT2D eigenvalue weighted by molar-refractivity contribution is -0.130. The fraction of sp³-hybridized carbons (Fsp3) is 0.500. The molecule has 0 aromatic heterocycles. The first-order valence-electron chi connectivity index (χ1n) is 7.21. The van der Waals surface area contributed by atoms with Crippen molar-refractivity contribution in [3.05, 3.63) is 35.4 Å². The predicted octanol–water partition coefficient (Wildman–Crippen LogP) is 2.93. The number of hydrogen-bond acceptors (Lipinski definition) is 2. The van der Waals surface area contributed by atoms with Crippen molar-refractivity contribution in [3.8, 4) is 0 Å². The Morgan fingerprint density at radius 2 is 1.63 bits per heavy atom. The van der Waals surface area contributed by atoms with E-state index < -0.39 is 0 Å². The molecule has 0 unspecified atom stereocenters. The summed E-state index contributed by atoms with van der Waals surface area (Å²) in [6.07, 6.45) is 7.02. The van der Waals surface area contributed by atoms with E-state index in [1.807, 2.05) is 24.3 Å². The molecular weight excluding hydrogens is 238 g/mol. The molecule has 100 valence electrons. The topological polar surface area (TPSA) is 37.4 Å². The molecule has 0 radical (unpaired) electrons. The molecule has 2 amide bonds. The minimum atomic E-state index is -0.0845. The fourth-order valence-corrected chi connectivity index (χ4v) is 3.26. The van der Waals surface area contributed by atoms with Crippen LogP contribution in [0.25, 0.3) is 0 Å². The van der Waals surface area contributed by atoms with Gasteiger partial charge in [0.1, 0.15) is 0 Å². The molecule has 1 aromatic carbocycles. The van der Waals surface area contributed by atoms with Gasteiger partial charge in [0.15, 0.2) is 0 Å². The zero-order chi connectivity index (χ0) is 13.2. The third-order valence-electron chi connectivity index (χ3n) is 4.27. The van der Waals surface area contributed by atoms with Crippen LogP contribution in [0.4, 0.5) is 0 Å². The minimum Gasteiger partial charge on any atom is -0.275 e. The van der Waals surface area contributed by atoms with Crippen LogP contribution in [0.2, 0.25) is 0 Å². The van der Waals surface area contributed by atoms with E-state index in [-0.39, 0.29) is 17.9 Å². The molecule has 3 heteroatoms. The van der Waals surface area contributed by atoms with E-state index >= 15 is 0 Å². The van der Waals surface area contributed by atoms with Gasteiger partial charge in [0, 0.05) is 11.6 Å². The molecule has 1 fully saturated rings. The summed E-state index contributed by atoms with van der Waals surface area (Å²) in [5.74, 6) is -0.102. The Labute approximate surface area is 113 Å². The van der Waals surface area contributed by atoms with Crippen molar-refractivity contribution in [1.82, 2.24) is 4.90 Å². The predicted molar refractivity (Wildman–Crippen MR) is 72.8 cm³/mol. The molecule has 0 N–H and O–H groups in total. The molecule has 0 atom stereocenters. The number of nitrogens with zero attached hydrogens (tertiary/aromatic N) is 1. The van der Waals surface area contributed by atoms with Gasteiger partial charge in [0.25, 0.3) is 5.91 Å². The largest absolute Gasteiger partial charge is 0.275 e. The van der Waals surface area contributed by atoms with E-state index in [0.717, 1.165) is 31.2 Å². The van der Waals surface area contributed by atoms with Crippen molar-refractivity contribution < 1.29 is 9.59 Å². The number of carbonyl (C=O) groups is 2. The van der Waals surface area contributed by atoms with Gasteiger partial charge in [-0.3, -0.25) is 14.5 Å². The second-order valence-electron chi connectivity index (χ2n) is 5.55. The van der Waals surface area contributed by atoms with Crippen molar-refractivity contribution in [2.45, 2.75) is 51.0 Å². The second kappa shape index (κ2) is 5.16. The van der Waals surface area contributed by atoms with Gasteiger partial charge in [-0.15, -0.1) is 0 Å². The summed E-state index contributed by atoms with van der Waals surface area (Å²) in [6, 6.07) is 7.61. The van der Waals surface area contributed by atoms with Gasteiger partial charge in [0.2, 0.25) is 5.91 Å². The average Bonchev–Trinajstić information content (AvgIpc) is 2.68. The third kappa shape index (κ3) is 2.29. The lowest BCUT2D eigenvalue weighted by Crippen LogP contribution is -2.48.